The molecule has 2 aromatic carbocycles. The van der Waals surface area contributed by atoms with Gasteiger partial charge in [-0.2, -0.15) is 0 Å². The van der Waals surface area contributed by atoms with Crippen molar-refractivity contribution in [2.45, 2.75) is 17.3 Å². The lowest BCUT2D eigenvalue weighted by Crippen LogP contribution is -1.88. The Balaban J connectivity index is 2.09. The number of hydrogen-bond donors (Lipinski definition) is 1. The standard InChI is InChI=1S/C14H12BrClOS/c15-12-4-3-11(8-17)14(7-12)18-9-10-1-5-13(16)6-2-10/h1-7,17H,8-9H2. The summed E-state index contributed by atoms with van der Waals surface area (Å²) < 4.78 is 1.03. The molecule has 0 bridgehead atoms. The predicted octanol–water partition coefficient (Wildman–Crippen LogP) is 4.89. The average molecular weight is 344 g/mol. The molecule has 0 aliphatic rings. The van der Waals surface area contributed by atoms with E-state index < -0.39 is 0 Å². The highest BCUT2D eigenvalue weighted by Crippen LogP contribution is 2.29. The van der Waals surface area contributed by atoms with Crippen LogP contribution in [0.15, 0.2) is 51.8 Å². The summed E-state index contributed by atoms with van der Waals surface area (Å²) >= 11 is 11.0. The second kappa shape index (κ2) is 6.62. The van der Waals surface area contributed by atoms with Gasteiger partial charge in [0.05, 0.1) is 6.61 Å². The van der Waals surface area contributed by atoms with E-state index in [1.165, 1.54) is 5.56 Å². The molecule has 2 rings (SSSR count). The SMILES string of the molecule is OCc1ccc(Br)cc1SCc1ccc(Cl)cc1. The first-order valence-corrected chi connectivity index (χ1v) is 7.61. The molecule has 18 heavy (non-hydrogen) atoms. The first-order valence-electron chi connectivity index (χ1n) is 5.45. The van der Waals surface area contributed by atoms with Crippen LogP contribution in [0.5, 0.6) is 0 Å². The van der Waals surface area contributed by atoms with Crippen LogP contribution in [0.1, 0.15) is 11.1 Å². The minimum absolute atomic E-state index is 0.0657. The summed E-state index contributed by atoms with van der Waals surface area (Å²) in [4.78, 5) is 1.10. The highest BCUT2D eigenvalue weighted by Gasteiger charge is 2.04. The van der Waals surface area contributed by atoms with Crippen molar-refractivity contribution in [1.82, 2.24) is 0 Å². The van der Waals surface area contributed by atoms with E-state index in [2.05, 4.69) is 15.9 Å². The molecule has 2 aromatic rings. The summed E-state index contributed by atoms with van der Waals surface area (Å²) in [6.07, 6.45) is 0. The zero-order chi connectivity index (χ0) is 13.0. The molecule has 0 amide bonds. The van der Waals surface area contributed by atoms with Gasteiger partial charge in [0, 0.05) is 20.1 Å². The number of aliphatic hydroxyl groups excluding tert-OH is 1. The van der Waals surface area contributed by atoms with Gasteiger partial charge >= 0.3 is 0 Å². The van der Waals surface area contributed by atoms with E-state index in [4.69, 9.17) is 11.6 Å². The van der Waals surface area contributed by atoms with Gasteiger partial charge in [0.25, 0.3) is 0 Å². The lowest BCUT2D eigenvalue weighted by molar-refractivity contribution is 0.279. The maximum atomic E-state index is 9.30. The summed E-state index contributed by atoms with van der Waals surface area (Å²) in [5.41, 5.74) is 2.17. The van der Waals surface area contributed by atoms with Crippen LogP contribution < -0.4 is 0 Å². The molecular formula is C14H12BrClOS. The monoisotopic (exact) mass is 342 g/mol. The van der Waals surface area contributed by atoms with E-state index >= 15 is 0 Å². The van der Waals surface area contributed by atoms with Gasteiger partial charge in [0.15, 0.2) is 0 Å². The van der Waals surface area contributed by atoms with Crippen LogP contribution >= 0.6 is 39.3 Å². The third kappa shape index (κ3) is 3.75. The Morgan fingerprint density at radius 2 is 1.83 bits per heavy atom. The summed E-state index contributed by atoms with van der Waals surface area (Å²) in [6, 6.07) is 13.7. The topological polar surface area (TPSA) is 20.2 Å². The van der Waals surface area contributed by atoms with Crippen LogP contribution in [0.2, 0.25) is 5.02 Å². The zero-order valence-electron chi connectivity index (χ0n) is 9.57. The van der Waals surface area contributed by atoms with Crippen LogP contribution in [-0.2, 0) is 12.4 Å². The van der Waals surface area contributed by atoms with E-state index in [1.54, 1.807) is 11.8 Å². The fourth-order valence-electron chi connectivity index (χ4n) is 1.54. The molecule has 0 aliphatic heterocycles. The smallest absolute Gasteiger partial charge is 0.0692 e. The molecule has 0 atom stereocenters. The number of rotatable bonds is 4. The maximum absolute atomic E-state index is 9.30. The van der Waals surface area contributed by atoms with Crippen LogP contribution in [-0.4, -0.2) is 5.11 Å². The normalized spacial score (nSPS) is 10.6. The Labute approximate surface area is 124 Å². The van der Waals surface area contributed by atoms with Gasteiger partial charge < -0.3 is 5.11 Å². The minimum atomic E-state index is 0.0657. The molecule has 0 saturated carbocycles. The molecule has 0 aromatic heterocycles. The molecule has 0 fully saturated rings. The third-order valence-electron chi connectivity index (χ3n) is 2.51. The first kappa shape index (κ1) is 13.9. The van der Waals surface area contributed by atoms with Crippen molar-refractivity contribution in [3.8, 4) is 0 Å². The van der Waals surface area contributed by atoms with Crippen LogP contribution in [0.4, 0.5) is 0 Å². The largest absolute Gasteiger partial charge is 0.392 e. The van der Waals surface area contributed by atoms with Gasteiger partial charge in [-0.3, -0.25) is 0 Å². The van der Waals surface area contributed by atoms with Crippen molar-refractivity contribution in [2.24, 2.45) is 0 Å². The Morgan fingerprint density at radius 1 is 1.11 bits per heavy atom. The van der Waals surface area contributed by atoms with Gasteiger partial charge in [0.1, 0.15) is 0 Å². The molecule has 1 nitrogen and oxygen atoms in total. The number of hydrogen-bond acceptors (Lipinski definition) is 2. The molecule has 0 saturated heterocycles. The quantitative estimate of drug-likeness (QED) is 0.798. The summed E-state index contributed by atoms with van der Waals surface area (Å²) in [5, 5.41) is 10.0. The fraction of sp³-hybridized carbons (Fsp3) is 0.143. The van der Waals surface area contributed by atoms with E-state index in [1.807, 2.05) is 42.5 Å². The molecule has 0 heterocycles. The fourth-order valence-corrected chi connectivity index (χ4v) is 3.22. The Hall–Kier alpha value is -0.480. The van der Waals surface area contributed by atoms with Crippen molar-refractivity contribution in [3.63, 3.8) is 0 Å². The van der Waals surface area contributed by atoms with E-state index in [9.17, 15) is 5.11 Å². The van der Waals surface area contributed by atoms with Crippen molar-refractivity contribution in [3.05, 3.63) is 63.1 Å². The van der Waals surface area contributed by atoms with E-state index in [0.29, 0.717) is 0 Å². The number of aliphatic hydroxyl groups is 1. The van der Waals surface area contributed by atoms with Crippen molar-refractivity contribution < 1.29 is 5.11 Å². The molecule has 4 heteroatoms. The second-order valence-corrected chi connectivity index (χ2v) is 6.19. The van der Waals surface area contributed by atoms with Gasteiger partial charge in [0.2, 0.25) is 0 Å². The molecule has 0 unspecified atom stereocenters. The average Bonchev–Trinajstić information content (AvgIpc) is 2.38. The Kier molecular flexibility index (Phi) is 5.13. The van der Waals surface area contributed by atoms with Crippen LogP contribution in [0.25, 0.3) is 0 Å². The molecule has 0 radical (unpaired) electrons. The molecular weight excluding hydrogens is 332 g/mol. The number of thioether (sulfide) groups is 1. The van der Waals surface area contributed by atoms with E-state index in [0.717, 1.165) is 25.7 Å². The highest BCUT2D eigenvalue weighted by atomic mass is 79.9. The first-order chi connectivity index (χ1) is 8.69. The molecule has 0 spiro atoms. The van der Waals surface area contributed by atoms with Gasteiger partial charge in [-0.25, -0.2) is 0 Å². The highest BCUT2D eigenvalue weighted by molar-refractivity contribution is 9.10. The third-order valence-corrected chi connectivity index (χ3v) is 4.42. The minimum Gasteiger partial charge on any atom is -0.392 e. The molecule has 94 valence electrons. The van der Waals surface area contributed by atoms with Gasteiger partial charge in [-0.1, -0.05) is 45.7 Å². The molecule has 1 N–H and O–H groups in total. The van der Waals surface area contributed by atoms with Gasteiger partial charge in [-0.05, 0) is 35.4 Å². The lowest BCUT2D eigenvalue weighted by Gasteiger charge is -2.08. The maximum Gasteiger partial charge on any atom is 0.0692 e. The predicted molar refractivity (Wildman–Crippen MR) is 81.1 cm³/mol. The van der Waals surface area contributed by atoms with Crippen LogP contribution in [0, 0.1) is 0 Å². The lowest BCUT2D eigenvalue weighted by atomic mass is 10.2. The van der Waals surface area contributed by atoms with Crippen molar-refractivity contribution >= 4 is 39.3 Å². The summed E-state index contributed by atoms with van der Waals surface area (Å²) in [6.45, 7) is 0.0657. The molecule has 0 aliphatic carbocycles. The van der Waals surface area contributed by atoms with Crippen molar-refractivity contribution in [1.29, 1.82) is 0 Å². The Morgan fingerprint density at radius 3 is 2.50 bits per heavy atom. The second-order valence-electron chi connectivity index (χ2n) is 3.83. The van der Waals surface area contributed by atoms with Crippen molar-refractivity contribution in [2.75, 3.05) is 0 Å². The summed E-state index contributed by atoms with van der Waals surface area (Å²) in [5.74, 6) is 0.862. The van der Waals surface area contributed by atoms with Gasteiger partial charge in [-0.15, -0.1) is 11.8 Å². The van der Waals surface area contributed by atoms with E-state index in [-0.39, 0.29) is 6.61 Å². The number of halogens is 2. The Bertz CT molecular complexity index is 528. The van der Waals surface area contributed by atoms with Crippen LogP contribution in [0.3, 0.4) is 0 Å². The zero-order valence-corrected chi connectivity index (χ0v) is 12.7. The summed E-state index contributed by atoms with van der Waals surface area (Å²) in [7, 11) is 0. The number of benzene rings is 2.